The van der Waals surface area contributed by atoms with Crippen LogP contribution in [0, 0.1) is 0 Å². The normalized spacial score (nSPS) is 19.7. The van der Waals surface area contributed by atoms with Crippen molar-refractivity contribution in [3.8, 4) is 16.9 Å². The Kier molecular flexibility index (Phi) is 3.70. The van der Waals surface area contributed by atoms with Gasteiger partial charge in [0, 0.05) is 17.4 Å². The quantitative estimate of drug-likeness (QED) is 0.892. The summed E-state index contributed by atoms with van der Waals surface area (Å²) >= 11 is 0. The minimum atomic E-state index is -3.85. The molecule has 1 unspecified atom stereocenters. The Morgan fingerprint density at radius 1 is 1.09 bits per heavy atom. The van der Waals surface area contributed by atoms with Crippen LogP contribution in [0.1, 0.15) is 18.5 Å². The molecule has 0 aromatic heterocycles. The lowest BCUT2D eigenvalue weighted by Crippen LogP contribution is -2.35. The summed E-state index contributed by atoms with van der Waals surface area (Å²) in [5.74, 6) is 0.269. The number of rotatable bonds is 2. The largest absolute Gasteiger partial charge is 0.383 e. The lowest BCUT2D eigenvalue weighted by molar-refractivity contribution is 0.437. The zero-order valence-corrected chi connectivity index (χ0v) is 14.1. The average molecular weight is 353 g/mol. The Balaban J connectivity index is 2.14. The van der Waals surface area contributed by atoms with Gasteiger partial charge in [0.15, 0.2) is 15.6 Å². The molecule has 1 aliphatic heterocycles. The van der Waals surface area contributed by atoms with Crippen molar-refractivity contribution in [1.82, 2.24) is 4.72 Å². The van der Waals surface area contributed by atoms with Crippen molar-refractivity contribution in [1.29, 1.82) is 0 Å². The topological polar surface area (TPSA) is 89.5 Å². The number of sulfone groups is 1. The molecular formula is C15H15NO5S2. The van der Waals surface area contributed by atoms with Gasteiger partial charge in [-0.15, -0.1) is 0 Å². The first kappa shape index (κ1) is 16.0. The molecule has 0 fully saturated rings. The first-order valence-electron chi connectivity index (χ1n) is 6.82. The third-order valence-corrected chi connectivity index (χ3v) is 5.78. The van der Waals surface area contributed by atoms with Gasteiger partial charge in [-0.1, -0.05) is 30.3 Å². The van der Waals surface area contributed by atoms with Crippen LogP contribution < -0.4 is 8.91 Å². The molecule has 2 aromatic rings. The molecule has 0 saturated heterocycles. The molecule has 1 atom stereocenters. The minimum absolute atomic E-state index is 0.203. The molecule has 1 heterocycles. The molecule has 0 radical (unpaired) electrons. The average Bonchev–Trinajstić information content (AvgIpc) is 2.45. The Morgan fingerprint density at radius 2 is 1.74 bits per heavy atom. The first-order valence-corrected chi connectivity index (χ1v) is 10.1. The Bertz CT molecular complexity index is 963. The van der Waals surface area contributed by atoms with Gasteiger partial charge >= 0.3 is 10.3 Å². The lowest BCUT2D eigenvalue weighted by Gasteiger charge is -2.25. The van der Waals surface area contributed by atoms with Crippen LogP contribution in [0.3, 0.4) is 0 Å². The van der Waals surface area contributed by atoms with E-state index in [9.17, 15) is 16.8 Å². The Morgan fingerprint density at radius 3 is 2.35 bits per heavy atom. The van der Waals surface area contributed by atoms with Gasteiger partial charge in [0.2, 0.25) is 0 Å². The SMILES string of the molecule is CC1NS(=O)(=O)Oc2c(-c3ccc(S(C)(=O)=O)cc3)cccc21. The van der Waals surface area contributed by atoms with Gasteiger partial charge in [-0.05, 0) is 24.6 Å². The number of benzene rings is 2. The zero-order chi connectivity index (χ0) is 16.8. The van der Waals surface area contributed by atoms with Crippen LogP contribution in [0.15, 0.2) is 47.4 Å². The summed E-state index contributed by atoms with van der Waals surface area (Å²) in [6.45, 7) is 1.73. The van der Waals surface area contributed by atoms with Gasteiger partial charge in [-0.2, -0.15) is 13.1 Å². The highest BCUT2D eigenvalue weighted by atomic mass is 32.2. The van der Waals surface area contributed by atoms with Crippen molar-refractivity contribution >= 4 is 20.1 Å². The molecule has 0 amide bonds. The first-order chi connectivity index (χ1) is 10.7. The standard InChI is InChI=1S/C15H15NO5S2/c1-10-13-4-3-5-14(15(13)21-23(19,20)16-10)11-6-8-12(9-7-11)22(2,17)18/h3-10,16H,1-2H3. The third kappa shape index (κ3) is 3.10. The molecular weight excluding hydrogens is 338 g/mol. The maximum atomic E-state index is 11.8. The second-order valence-electron chi connectivity index (χ2n) is 5.40. The number of hydrogen-bond acceptors (Lipinski definition) is 5. The second-order valence-corrected chi connectivity index (χ2v) is 8.72. The number of nitrogens with one attached hydrogen (secondary N) is 1. The van der Waals surface area contributed by atoms with Crippen molar-refractivity contribution in [2.24, 2.45) is 0 Å². The third-order valence-electron chi connectivity index (χ3n) is 3.62. The molecule has 0 spiro atoms. The Hall–Kier alpha value is -1.90. The van der Waals surface area contributed by atoms with Gasteiger partial charge in [0.1, 0.15) is 0 Å². The van der Waals surface area contributed by atoms with E-state index in [4.69, 9.17) is 4.18 Å². The van der Waals surface area contributed by atoms with Gasteiger partial charge < -0.3 is 4.18 Å². The smallest absolute Gasteiger partial charge is 0.370 e. The summed E-state index contributed by atoms with van der Waals surface area (Å²) in [6.07, 6.45) is 1.13. The molecule has 2 aromatic carbocycles. The summed E-state index contributed by atoms with van der Waals surface area (Å²) in [7, 11) is -7.14. The van der Waals surface area contributed by atoms with Crippen LogP contribution in [-0.4, -0.2) is 23.1 Å². The van der Waals surface area contributed by atoms with E-state index in [-0.39, 0.29) is 10.6 Å². The van der Waals surface area contributed by atoms with Crippen LogP contribution >= 0.6 is 0 Å². The minimum Gasteiger partial charge on any atom is -0.370 e. The second kappa shape index (κ2) is 5.33. The van der Waals surface area contributed by atoms with Crippen LogP contribution in [0.4, 0.5) is 0 Å². The Labute approximate surface area is 135 Å². The van der Waals surface area contributed by atoms with Crippen molar-refractivity contribution in [2.75, 3.05) is 6.26 Å². The predicted molar refractivity (Wildman–Crippen MR) is 86.1 cm³/mol. The summed E-state index contributed by atoms with van der Waals surface area (Å²) in [5.41, 5.74) is 2.00. The lowest BCUT2D eigenvalue weighted by atomic mass is 9.98. The fourth-order valence-electron chi connectivity index (χ4n) is 2.51. The monoisotopic (exact) mass is 353 g/mol. The highest BCUT2D eigenvalue weighted by molar-refractivity contribution is 7.90. The molecule has 3 rings (SSSR count). The van der Waals surface area contributed by atoms with Crippen molar-refractivity contribution < 1.29 is 21.0 Å². The van der Waals surface area contributed by atoms with E-state index < -0.39 is 26.2 Å². The zero-order valence-electron chi connectivity index (χ0n) is 12.5. The van der Waals surface area contributed by atoms with E-state index in [1.54, 1.807) is 37.3 Å². The van der Waals surface area contributed by atoms with E-state index >= 15 is 0 Å². The highest BCUT2D eigenvalue weighted by Crippen LogP contribution is 2.39. The van der Waals surface area contributed by atoms with E-state index in [1.807, 2.05) is 0 Å². The van der Waals surface area contributed by atoms with Gasteiger partial charge in [-0.25, -0.2) is 8.42 Å². The van der Waals surface area contributed by atoms with Gasteiger partial charge in [-0.3, -0.25) is 0 Å². The highest BCUT2D eigenvalue weighted by Gasteiger charge is 2.29. The summed E-state index contributed by atoms with van der Waals surface area (Å²) in [4.78, 5) is 0.203. The van der Waals surface area contributed by atoms with Gasteiger partial charge in [0.25, 0.3) is 0 Å². The summed E-state index contributed by atoms with van der Waals surface area (Å²) in [5, 5.41) is 0. The van der Waals surface area contributed by atoms with Crippen molar-refractivity contribution in [3.63, 3.8) is 0 Å². The molecule has 0 aliphatic carbocycles. The number of fused-ring (bicyclic) bond motifs is 1. The molecule has 6 nitrogen and oxygen atoms in total. The van der Waals surface area contributed by atoms with E-state index in [1.165, 1.54) is 12.1 Å². The van der Waals surface area contributed by atoms with E-state index in [2.05, 4.69) is 4.72 Å². The summed E-state index contributed by atoms with van der Waals surface area (Å²) in [6, 6.07) is 11.2. The van der Waals surface area contributed by atoms with E-state index in [0.717, 1.165) is 11.8 Å². The maximum absolute atomic E-state index is 11.8. The number of hydrogen-bond donors (Lipinski definition) is 1. The molecule has 8 heteroatoms. The van der Waals surface area contributed by atoms with Crippen LogP contribution in [0.25, 0.3) is 11.1 Å². The fraction of sp³-hybridized carbons (Fsp3) is 0.200. The maximum Gasteiger partial charge on any atom is 0.383 e. The molecule has 0 saturated carbocycles. The van der Waals surface area contributed by atoms with Crippen molar-refractivity contribution in [2.45, 2.75) is 17.9 Å². The predicted octanol–water partition coefficient (Wildman–Crippen LogP) is 2.04. The van der Waals surface area contributed by atoms with Crippen molar-refractivity contribution in [3.05, 3.63) is 48.0 Å². The van der Waals surface area contributed by atoms with Gasteiger partial charge in [0.05, 0.1) is 10.9 Å². The van der Waals surface area contributed by atoms with E-state index in [0.29, 0.717) is 11.1 Å². The summed E-state index contributed by atoms with van der Waals surface area (Å²) < 4.78 is 54.1. The number of para-hydroxylation sites is 1. The van der Waals surface area contributed by atoms with Crippen LogP contribution in [0.5, 0.6) is 5.75 Å². The molecule has 0 bridgehead atoms. The van der Waals surface area contributed by atoms with Crippen LogP contribution in [0.2, 0.25) is 0 Å². The molecule has 1 aliphatic rings. The molecule has 122 valence electrons. The van der Waals surface area contributed by atoms with Crippen LogP contribution in [-0.2, 0) is 20.1 Å². The molecule has 23 heavy (non-hydrogen) atoms. The fourth-order valence-corrected chi connectivity index (χ4v) is 4.16. The molecule has 1 N–H and O–H groups in total.